The summed E-state index contributed by atoms with van der Waals surface area (Å²) in [6.07, 6.45) is 3.82. The fraction of sp³-hybridized carbons (Fsp3) is 0.462. The number of hydrogen-bond donors (Lipinski definition) is 3. The third-order valence-corrected chi connectivity index (χ3v) is 3.72. The van der Waals surface area contributed by atoms with Crippen molar-refractivity contribution in [3.8, 4) is 0 Å². The van der Waals surface area contributed by atoms with Gasteiger partial charge in [0.1, 0.15) is 5.41 Å². The zero-order valence-corrected chi connectivity index (χ0v) is 10.8. The van der Waals surface area contributed by atoms with Crippen LogP contribution in [0.2, 0.25) is 0 Å². The van der Waals surface area contributed by atoms with Gasteiger partial charge >= 0.3 is 0 Å². The molecular formula is C13H18N4O2. The maximum absolute atomic E-state index is 12.3. The summed E-state index contributed by atoms with van der Waals surface area (Å²) >= 11 is 0. The number of nitrogens with zero attached hydrogens (tertiary/aromatic N) is 2. The molecule has 1 heterocycles. The fourth-order valence-electron chi connectivity index (χ4n) is 2.27. The van der Waals surface area contributed by atoms with E-state index in [1.165, 1.54) is 0 Å². The zero-order valence-electron chi connectivity index (χ0n) is 10.8. The second-order valence-corrected chi connectivity index (χ2v) is 4.87. The molecule has 102 valence electrons. The van der Waals surface area contributed by atoms with Crippen LogP contribution in [0.15, 0.2) is 29.6 Å². The Kier molecular flexibility index (Phi) is 3.69. The average Bonchev–Trinajstić information content (AvgIpc) is 2.38. The first kappa shape index (κ1) is 13.3. The minimum Gasteiger partial charge on any atom is -0.409 e. The highest BCUT2D eigenvalue weighted by molar-refractivity contribution is 6.07. The molecule has 4 N–H and O–H groups in total. The first-order valence-corrected chi connectivity index (χ1v) is 6.30. The Morgan fingerprint density at radius 1 is 1.58 bits per heavy atom. The van der Waals surface area contributed by atoms with Crippen molar-refractivity contribution in [2.45, 2.75) is 32.2 Å². The number of oxime groups is 1. The summed E-state index contributed by atoms with van der Waals surface area (Å²) < 4.78 is 0. The molecule has 1 amide bonds. The van der Waals surface area contributed by atoms with Crippen molar-refractivity contribution >= 4 is 11.7 Å². The molecule has 1 atom stereocenters. The number of pyridine rings is 1. The van der Waals surface area contributed by atoms with Gasteiger partial charge in [-0.1, -0.05) is 17.6 Å². The van der Waals surface area contributed by atoms with Gasteiger partial charge in [0.15, 0.2) is 5.84 Å². The number of aromatic nitrogens is 1. The van der Waals surface area contributed by atoms with Crippen LogP contribution in [0.4, 0.5) is 0 Å². The Hall–Kier alpha value is -2.11. The molecule has 19 heavy (non-hydrogen) atoms. The van der Waals surface area contributed by atoms with Crippen LogP contribution in [0.25, 0.3) is 0 Å². The summed E-state index contributed by atoms with van der Waals surface area (Å²) in [4.78, 5) is 16.5. The Labute approximate surface area is 111 Å². The van der Waals surface area contributed by atoms with Gasteiger partial charge in [-0.3, -0.25) is 9.78 Å². The predicted octanol–water partition coefficient (Wildman–Crippen LogP) is 1.18. The molecule has 0 radical (unpaired) electrons. The van der Waals surface area contributed by atoms with E-state index < -0.39 is 5.41 Å². The summed E-state index contributed by atoms with van der Waals surface area (Å²) in [6, 6.07) is 5.33. The molecular weight excluding hydrogens is 244 g/mol. The van der Waals surface area contributed by atoms with Gasteiger partial charge < -0.3 is 16.3 Å². The quantitative estimate of drug-likeness (QED) is 0.328. The molecule has 1 fully saturated rings. The van der Waals surface area contributed by atoms with Gasteiger partial charge in [-0.25, -0.2) is 0 Å². The van der Waals surface area contributed by atoms with Gasteiger partial charge in [0, 0.05) is 6.20 Å². The van der Waals surface area contributed by atoms with Crippen LogP contribution < -0.4 is 11.1 Å². The van der Waals surface area contributed by atoms with E-state index in [4.69, 9.17) is 10.9 Å². The molecule has 1 aliphatic rings. The van der Waals surface area contributed by atoms with Crippen LogP contribution in [0.5, 0.6) is 0 Å². The Bertz CT molecular complexity index is 483. The number of amides is 1. The summed E-state index contributed by atoms with van der Waals surface area (Å²) in [5.74, 6) is -0.211. The standard InChI is InChI=1S/C13H18N4O2/c1-9(10-5-2-3-8-15-10)16-12(18)13(6-4-7-13)11(14)17-19/h2-3,5,8-9,19H,4,6-7H2,1H3,(H2,14,17)(H,16,18). The molecule has 6 heteroatoms. The van der Waals surface area contributed by atoms with Crippen LogP contribution in [0, 0.1) is 5.41 Å². The molecule has 1 aromatic rings. The van der Waals surface area contributed by atoms with Crippen LogP contribution in [-0.2, 0) is 4.79 Å². The van der Waals surface area contributed by atoms with Crippen molar-refractivity contribution in [2.24, 2.45) is 16.3 Å². The lowest BCUT2D eigenvalue weighted by Crippen LogP contribution is -2.54. The van der Waals surface area contributed by atoms with E-state index in [1.54, 1.807) is 6.20 Å². The SMILES string of the molecule is CC(NC(=O)C1(/C(N)=N/O)CCC1)c1ccccn1. The van der Waals surface area contributed by atoms with Gasteiger partial charge in [0.05, 0.1) is 11.7 Å². The predicted molar refractivity (Wildman–Crippen MR) is 70.5 cm³/mol. The normalized spacial score (nSPS) is 19.3. The number of nitrogens with one attached hydrogen (secondary N) is 1. The van der Waals surface area contributed by atoms with Gasteiger partial charge in [-0.05, 0) is 31.9 Å². The molecule has 1 unspecified atom stereocenters. The Morgan fingerprint density at radius 3 is 2.79 bits per heavy atom. The van der Waals surface area contributed by atoms with Crippen molar-refractivity contribution in [1.29, 1.82) is 0 Å². The monoisotopic (exact) mass is 262 g/mol. The lowest BCUT2D eigenvalue weighted by atomic mass is 9.67. The first-order chi connectivity index (χ1) is 9.10. The van der Waals surface area contributed by atoms with Crippen LogP contribution in [0.1, 0.15) is 37.9 Å². The molecule has 6 nitrogen and oxygen atoms in total. The number of nitrogens with two attached hydrogens (primary N) is 1. The summed E-state index contributed by atoms with van der Waals surface area (Å²) in [5.41, 5.74) is 5.58. The topological polar surface area (TPSA) is 101 Å². The van der Waals surface area contributed by atoms with Crippen molar-refractivity contribution in [3.63, 3.8) is 0 Å². The van der Waals surface area contributed by atoms with Crippen molar-refractivity contribution < 1.29 is 10.0 Å². The molecule has 1 aliphatic carbocycles. The van der Waals surface area contributed by atoms with Gasteiger partial charge in [-0.2, -0.15) is 0 Å². The molecule has 1 saturated carbocycles. The number of rotatable bonds is 4. The summed E-state index contributed by atoms with van der Waals surface area (Å²) in [5, 5.41) is 14.7. The molecule has 1 aromatic heterocycles. The van der Waals surface area contributed by atoms with E-state index in [2.05, 4.69) is 15.5 Å². The van der Waals surface area contributed by atoms with Crippen molar-refractivity contribution in [1.82, 2.24) is 10.3 Å². The largest absolute Gasteiger partial charge is 0.409 e. The zero-order chi connectivity index (χ0) is 13.9. The third-order valence-electron chi connectivity index (χ3n) is 3.72. The number of carbonyl (C=O) groups excluding carboxylic acids is 1. The van der Waals surface area contributed by atoms with E-state index in [1.807, 2.05) is 25.1 Å². The Balaban J connectivity index is 2.09. The van der Waals surface area contributed by atoms with Gasteiger partial charge in [0.25, 0.3) is 0 Å². The van der Waals surface area contributed by atoms with E-state index in [0.29, 0.717) is 12.8 Å². The maximum atomic E-state index is 12.3. The molecule has 2 rings (SSSR count). The lowest BCUT2D eigenvalue weighted by Gasteiger charge is -2.39. The third kappa shape index (κ3) is 2.38. The Morgan fingerprint density at radius 2 is 2.32 bits per heavy atom. The van der Waals surface area contributed by atoms with Crippen LogP contribution in [0.3, 0.4) is 0 Å². The maximum Gasteiger partial charge on any atom is 0.234 e. The van der Waals surface area contributed by atoms with Gasteiger partial charge in [-0.15, -0.1) is 0 Å². The molecule has 0 saturated heterocycles. The number of carbonyl (C=O) groups is 1. The minimum absolute atomic E-state index is 0.00975. The smallest absolute Gasteiger partial charge is 0.234 e. The molecule has 0 spiro atoms. The highest BCUT2D eigenvalue weighted by Crippen LogP contribution is 2.41. The minimum atomic E-state index is -0.849. The van der Waals surface area contributed by atoms with Crippen molar-refractivity contribution in [3.05, 3.63) is 30.1 Å². The fourth-order valence-corrected chi connectivity index (χ4v) is 2.27. The van der Waals surface area contributed by atoms with E-state index in [9.17, 15) is 4.79 Å². The van der Waals surface area contributed by atoms with E-state index >= 15 is 0 Å². The van der Waals surface area contributed by atoms with Crippen LogP contribution in [-0.4, -0.2) is 21.9 Å². The van der Waals surface area contributed by atoms with Crippen molar-refractivity contribution in [2.75, 3.05) is 0 Å². The second kappa shape index (κ2) is 5.26. The number of hydrogen-bond acceptors (Lipinski definition) is 4. The number of amidine groups is 1. The molecule has 0 aliphatic heterocycles. The lowest BCUT2D eigenvalue weighted by molar-refractivity contribution is -0.131. The highest BCUT2D eigenvalue weighted by atomic mass is 16.4. The second-order valence-electron chi connectivity index (χ2n) is 4.87. The summed E-state index contributed by atoms with van der Waals surface area (Å²) in [6.45, 7) is 1.86. The van der Waals surface area contributed by atoms with E-state index in [0.717, 1.165) is 12.1 Å². The van der Waals surface area contributed by atoms with Crippen LogP contribution >= 0.6 is 0 Å². The first-order valence-electron chi connectivity index (χ1n) is 6.30. The summed E-state index contributed by atoms with van der Waals surface area (Å²) in [7, 11) is 0. The average molecular weight is 262 g/mol. The molecule has 0 aromatic carbocycles. The van der Waals surface area contributed by atoms with Gasteiger partial charge in [0.2, 0.25) is 5.91 Å². The highest BCUT2D eigenvalue weighted by Gasteiger charge is 2.48. The molecule has 0 bridgehead atoms. The van der Waals surface area contributed by atoms with E-state index in [-0.39, 0.29) is 17.8 Å².